The molecular weight excluding hydrogens is 210 g/mol. The van der Waals surface area contributed by atoms with Crippen molar-refractivity contribution in [3.8, 4) is 0 Å². The van der Waals surface area contributed by atoms with Crippen LogP contribution in [0.3, 0.4) is 0 Å². The maximum atomic E-state index is 6.15. The van der Waals surface area contributed by atoms with Gasteiger partial charge in [-0.2, -0.15) is 0 Å². The highest BCUT2D eigenvalue weighted by molar-refractivity contribution is 4.98. The van der Waals surface area contributed by atoms with Crippen LogP contribution >= 0.6 is 0 Å². The summed E-state index contributed by atoms with van der Waals surface area (Å²) in [7, 11) is 0. The van der Waals surface area contributed by atoms with Gasteiger partial charge in [-0.05, 0) is 38.0 Å². The minimum atomic E-state index is 0.269. The summed E-state index contributed by atoms with van der Waals surface area (Å²) in [5.74, 6) is 0.972. The van der Waals surface area contributed by atoms with Gasteiger partial charge in [0.2, 0.25) is 0 Å². The van der Waals surface area contributed by atoms with Gasteiger partial charge in [-0.15, -0.1) is 0 Å². The van der Waals surface area contributed by atoms with Crippen LogP contribution < -0.4 is 5.32 Å². The van der Waals surface area contributed by atoms with Crippen molar-refractivity contribution in [2.24, 2.45) is 5.92 Å². The Kier molecular flexibility index (Phi) is 3.45. The van der Waals surface area contributed by atoms with Crippen molar-refractivity contribution >= 4 is 0 Å². The summed E-state index contributed by atoms with van der Waals surface area (Å²) >= 11 is 0. The highest BCUT2D eigenvalue weighted by Crippen LogP contribution is 2.40. The second kappa shape index (κ2) is 4.89. The Morgan fingerprint density at radius 1 is 1.24 bits per heavy atom. The van der Waals surface area contributed by atoms with Crippen molar-refractivity contribution in [2.45, 2.75) is 82.4 Å². The lowest BCUT2D eigenvalue weighted by Crippen LogP contribution is -2.48. The number of rotatable bonds is 3. The van der Waals surface area contributed by atoms with Gasteiger partial charge in [0.25, 0.3) is 0 Å². The van der Waals surface area contributed by atoms with Crippen LogP contribution in [0, 0.1) is 5.92 Å². The van der Waals surface area contributed by atoms with Crippen molar-refractivity contribution in [3.05, 3.63) is 0 Å². The molecule has 1 aliphatic heterocycles. The molecule has 1 N–H and O–H groups in total. The molecule has 2 nitrogen and oxygen atoms in total. The van der Waals surface area contributed by atoms with Gasteiger partial charge >= 0.3 is 0 Å². The molecule has 2 saturated carbocycles. The average Bonchev–Trinajstić information content (AvgIpc) is 3.08. The van der Waals surface area contributed by atoms with E-state index in [2.05, 4.69) is 12.2 Å². The SMILES string of the molecule is CCC1CC1NC1CCOC2(CCCCC2)C1. The van der Waals surface area contributed by atoms with Crippen LogP contribution in [0.4, 0.5) is 0 Å². The zero-order valence-corrected chi connectivity index (χ0v) is 11.2. The molecule has 3 unspecified atom stereocenters. The Bertz CT molecular complexity index is 254. The van der Waals surface area contributed by atoms with E-state index in [1.54, 1.807) is 0 Å². The molecule has 0 amide bonds. The number of nitrogens with one attached hydrogen (secondary N) is 1. The van der Waals surface area contributed by atoms with E-state index in [-0.39, 0.29) is 5.60 Å². The molecule has 0 aromatic heterocycles. The van der Waals surface area contributed by atoms with E-state index < -0.39 is 0 Å². The van der Waals surface area contributed by atoms with Gasteiger partial charge < -0.3 is 10.1 Å². The van der Waals surface area contributed by atoms with Crippen molar-refractivity contribution in [2.75, 3.05) is 6.61 Å². The molecule has 3 rings (SSSR count). The van der Waals surface area contributed by atoms with Gasteiger partial charge in [0, 0.05) is 18.7 Å². The fourth-order valence-electron chi connectivity index (χ4n) is 3.92. The first kappa shape index (κ1) is 12.0. The minimum Gasteiger partial charge on any atom is -0.375 e. The lowest BCUT2D eigenvalue weighted by atomic mass is 9.78. The maximum Gasteiger partial charge on any atom is 0.0697 e. The fraction of sp³-hybridized carbons (Fsp3) is 1.00. The van der Waals surface area contributed by atoms with E-state index in [9.17, 15) is 0 Å². The third-order valence-electron chi connectivity index (χ3n) is 5.15. The van der Waals surface area contributed by atoms with Crippen molar-refractivity contribution < 1.29 is 4.74 Å². The van der Waals surface area contributed by atoms with Crippen molar-refractivity contribution in [1.29, 1.82) is 0 Å². The first-order valence-electron chi connectivity index (χ1n) is 7.71. The van der Waals surface area contributed by atoms with Crippen LogP contribution in [-0.2, 0) is 4.74 Å². The predicted molar refractivity (Wildman–Crippen MR) is 70.1 cm³/mol. The Hall–Kier alpha value is -0.0800. The van der Waals surface area contributed by atoms with Crippen LogP contribution in [0.25, 0.3) is 0 Å². The summed E-state index contributed by atoms with van der Waals surface area (Å²) < 4.78 is 6.15. The summed E-state index contributed by atoms with van der Waals surface area (Å²) in [5, 5.41) is 3.89. The Labute approximate surface area is 105 Å². The number of hydrogen-bond acceptors (Lipinski definition) is 2. The van der Waals surface area contributed by atoms with Gasteiger partial charge in [-0.3, -0.25) is 0 Å². The van der Waals surface area contributed by atoms with Gasteiger partial charge in [0.1, 0.15) is 0 Å². The summed E-state index contributed by atoms with van der Waals surface area (Å²) in [4.78, 5) is 0. The van der Waals surface area contributed by atoms with E-state index in [0.29, 0.717) is 0 Å². The standard InChI is InChI=1S/C15H27NO/c1-2-12-10-14(12)16-13-6-9-17-15(11-13)7-4-3-5-8-15/h12-14,16H,2-11H2,1H3. The molecule has 98 valence electrons. The molecule has 0 radical (unpaired) electrons. The average molecular weight is 237 g/mol. The summed E-state index contributed by atoms with van der Waals surface area (Å²) in [5.41, 5.74) is 0.269. The summed E-state index contributed by atoms with van der Waals surface area (Å²) in [6.45, 7) is 3.31. The van der Waals surface area contributed by atoms with Crippen molar-refractivity contribution in [3.63, 3.8) is 0 Å². The van der Waals surface area contributed by atoms with E-state index in [0.717, 1.165) is 24.6 Å². The number of ether oxygens (including phenoxy) is 1. The lowest BCUT2D eigenvalue weighted by Gasteiger charge is -2.44. The molecule has 3 fully saturated rings. The molecule has 2 heteroatoms. The monoisotopic (exact) mass is 237 g/mol. The third-order valence-corrected chi connectivity index (χ3v) is 5.15. The molecule has 17 heavy (non-hydrogen) atoms. The zero-order valence-electron chi connectivity index (χ0n) is 11.2. The van der Waals surface area contributed by atoms with Crippen LogP contribution in [0.5, 0.6) is 0 Å². The Morgan fingerprint density at radius 3 is 2.76 bits per heavy atom. The van der Waals surface area contributed by atoms with Gasteiger partial charge in [-0.1, -0.05) is 32.6 Å². The Morgan fingerprint density at radius 2 is 2.06 bits per heavy atom. The molecule has 1 saturated heterocycles. The molecule has 3 atom stereocenters. The second-order valence-electron chi connectivity index (χ2n) is 6.46. The summed E-state index contributed by atoms with van der Waals surface area (Å²) in [6.07, 6.45) is 12.1. The Balaban J connectivity index is 1.52. The molecule has 0 bridgehead atoms. The van der Waals surface area contributed by atoms with E-state index in [1.165, 1.54) is 57.8 Å². The first-order chi connectivity index (χ1) is 8.31. The van der Waals surface area contributed by atoms with E-state index >= 15 is 0 Å². The molecule has 0 aromatic rings. The molecule has 2 aliphatic carbocycles. The van der Waals surface area contributed by atoms with Gasteiger partial charge in [0.05, 0.1) is 5.60 Å². The number of hydrogen-bond donors (Lipinski definition) is 1. The quantitative estimate of drug-likeness (QED) is 0.813. The topological polar surface area (TPSA) is 21.3 Å². The van der Waals surface area contributed by atoms with Crippen LogP contribution in [0.1, 0.15) is 64.7 Å². The van der Waals surface area contributed by atoms with Crippen LogP contribution in [0.15, 0.2) is 0 Å². The lowest BCUT2D eigenvalue weighted by molar-refractivity contribution is -0.109. The minimum absolute atomic E-state index is 0.269. The second-order valence-corrected chi connectivity index (χ2v) is 6.46. The molecule has 1 spiro atoms. The molecule has 1 heterocycles. The van der Waals surface area contributed by atoms with E-state index in [4.69, 9.17) is 4.74 Å². The highest BCUT2D eigenvalue weighted by Gasteiger charge is 2.42. The van der Waals surface area contributed by atoms with Gasteiger partial charge in [0.15, 0.2) is 0 Å². The fourth-order valence-corrected chi connectivity index (χ4v) is 3.92. The third kappa shape index (κ3) is 2.68. The molecule has 3 aliphatic rings. The highest BCUT2D eigenvalue weighted by atomic mass is 16.5. The molecule has 0 aromatic carbocycles. The van der Waals surface area contributed by atoms with Crippen LogP contribution in [-0.4, -0.2) is 24.3 Å². The summed E-state index contributed by atoms with van der Waals surface area (Å²) in [6, 6.07) is 1.58. The zero-order chi connectivity index (χ0) is 11.7. The smallest absolute Gasteiger partial charge is 0.0697 e. The largest absolute Gasteiger partial charge is 0.375 e. The van der Waals surface area contributed by atoms with Gasteiger partial charge in [-0.25, -0.2) is 0 Å². The first-order valence-corrected chi connectivity index (χ1v) is 7.71. The maximum absolute atomic E-state index is 6.15. The molecular formula is C15H27NO. The predicted octanol–water partition coefficient (Wildman–Crippen LogP) is 3.26. The normalized spacial score (nSPS) is 40.4. The van der Waals surface area contributed by atoms with Crippen LogP contribution in [0.2, 0.25) is 0 Å². The van der Waals surface area contributed by atoms with Crippen molar-refractivity contribution in [1.82, 2.24) is 5.32 Å². The van der Waals surface area contributed by atoms with E-state index in [1.807, 2.05) is 0 Å².